The highest BCUT2D eigenvalue weighted by Crippen LogP contribution is 2.16. The standard InChI is InChI=1S/C14H21ClN2/c1-11(12-5-7-13(15)8-6-12)17-10-14-4-2-3-9-16-14/h5-8,11,14,16-17H,2-4,9-10H2,1H3/t11-,14?/m1/s1. The van der Waals surface area contributed by atoms with E-state index in [2.05, 4.69) is 29.7 Å². The molecule has 1 aliphatic heterocycles. The quantitative estimate of drug-likeness (QED) is 0.860. The lowest BCUT2D eigenvalue weighted by Crippen LogP contribution is -2.42. The Morgan fingerprint density at radius 2 is 2.12 bits per heavy atom. The van der Waals surface area contributed by atoms with E-state index in [1.165, 1.54) is 31.4 Å². The van der Waals surface area contributed by atoms with Gasteiger partial charge in [0.25, 0.3) is 0 Å². The van der Waals surface area contributed by atoms with Gasteiger partial charge in [0.2, 0.25) is 0 Å². The normalized spacial score (nSPS) is 22.4. The fraction of sp³-hybridized carbons (Fsp3) is 0.571. The van der Waals surface area contributed by atoms with Crippen molar-refractivity contribution >= 4 is 11.6 Å². The zero-order valence-corrected chi connectivity index (χ0v) is 11.1. The van der Waals surface area contributed by atoms with E-state index in [0.717, 1.165) is 11.6 Å². The van der Waals surface area contributed by atoms with Gasteiger partial charge in [-0.3, -0.25) is 0 Å². The third kappa shape index (κ3) is 3.98. The summed E-state index contributed by atoms with van der Waals surface area (Å²) in [4.78, 5) is 0. The summed E-state index contributed by atoms with van der Waals surface area (Å²) in [5.74, 6) is 0. The van der Waals surface area contributed by atoms with Crippen molar-refractivity contribution in [3.8, 4) is 0 Å². The third-order valence-electron chi connectivity index (χ3n) is 3.45. The van der Waals surface area contributed by atoms with Crippen LogP contribution < -0.4 is 10.6 Å². The van der Waals surface area contributed by atoms with Gasteiger partial charge in [-0.1, -0.05) is 30.2 Å². The zero-order valence-electron chi connectivity index (χ0n) is 10.4. The Morgan fingerprint density at radius 3 is 2.76 bits per heavy atom. The molecule has 0 amide bonds. The molecule has 17 heavy (non-hydrogen) atoms. The summed E-state index contributed by atoms with van der Waals surface area (Å²) in [6, 6.07) is 9.11. The van der Waals surface area contributed by atoms with Gasteiger partial charge in [0.1, 0.15) is 0 Å². The number of rotatable bonds is 4. The molecule has 0 radical (unpaired) electrons. The van der Waals surface area contributed by atoms with Crippen LogP contribution in [0.5, 0.6) is 0 Å². The number of piperidine rings is 1. The van der Waals surface area contributed by atoms with Gasteiger partial charge in [-0.25, -0.2) is 0 Å². The summed E-state index contributed by atoms with van der Waals surface area (Å²) in [5, 5.41) is 7.93. The molecule has 1 unspecified atom stereocenters. The molecule has 2 rings (SSSR count). The van der Waals surface area contributed by atoms with Gasteiger partial charge in [0, 0.05) is 23.7 Å². The van der Waals surface area contributed by atoms with Crippen LogP contribution in [0.25, 0.3) is 0 Å². The molecule has 94 valence electrons. The van der Waals surface area contributed by atoms with Crippen LogP contribution in [0.4, 0.5) is 0 Å². The Hall–Kier alpha value is -0.570. The van der Waals surface area contributed by atoms with E-state index < -0.39 is 0 Å². The van der Waals surface area contributed by atoms with E-state index in [-0.39, 0.29) is 0 Å². The predicted molar refractivity (Wildman–Crippen MR) is 73.5 cm³/mol. The summed E-state index contributed by atoms with van der Waals surface area (Å²) >= 11 is 5.88. The van der Waals surface area contributed by atoms with E-state index in [0.29, 0.717) is 12.1 Å². The second kappa shape index (κ2) is 6.39. The van der Waals surface area contributed by atoms with Gasteiger partial charge in [-0.05, 0) is 44.0 Å². The number of nitrogens with one attached hydrogen (secondary N) is 2. The Balaban J connectivity index is 1.80. The highest BCUT2D eigenvalue weighted by atomic mass is 35.5. The first-order chi connectivity index (χ1) is 8.25. The molecule has 1 heterocycles. The topological polar surface area (TPSA) is 24.1 Å². The maximum absolute atomic E-state index is 5.88. The third-order valence-corrected chi connectivity index (χ3v) is 3.70. The molecule has 2 N–H and O–H groups in total. The highest BCUT2D eigenvalue weighted by molar-refractivity contribution is 6.30. The molecule has 1 saturated heterocycles. The summed E-state index contributed by atoms with van der Waals surface area (Å²) < 4.78 is 0. The second-order valence-electron chi connectivity index (χ2n) is 4.83. The largest absolute Gasteiger partial charge is 0.313 e. The van der Waals surface area contributed by atoms with Crippen LogP contribution in [0.1, 0.15) is 37.8 Å². The molecule has 1 fully saturated rings. The minimum absolute atomic E-state index is 0.385. The van der Waals surface area contributed by atoms with Crippen molar-refractivity contribution in [1.29, 1.82) is 0 Å². The molecule has 2 atom stereocenters. The summed E-state index contributed by atoms with van der Waals surface area (Å²) in [5.41, 5.74) is 1.30. The fourth-order valence-electron chi connectivity index (χ4n) is 2.29. The van der Waals surface area contributed by atoms with Gasteiger partial charge in [-0.2, -0.15) is 0 Å². The van der Waals surface area contributed by atoms with Crippen LogP contribution in [0.3, 0.4) is 0 Å². The number of benzene rings is 1. The predicted octanol–water partition coefficient (Wildman–Crippen LogP) is 3.13. The van der Waals surface area contributed by atoms with Crippen molar-refractivity contribution < 1.29 is 0 Å². The van der Waals surface area contributed by atoms with Crippen LogP contribution in [0.15, 0.2) is 24.3 Å². The molecule has 1 aliphatic rings. The molecule has 0 saturated carbocycles. The molecule has 0 aliphatic carbocycles. The molecule has 1 aromatic rings. The minimum atomic E-state index is 0.385. The Labute approximate surface area is 109 Å². The van der Waals surface area contributed by atoms with E-state index in [9.17, 15) is 0 Å². The van der Waals surface area contributed by atoms with Gasteiger partial charge in [-0.15, -0.1) is 0 Å². The average Bonchev–Trinajstić information content (AvgIpc) is 2.38. The van der Waals surface area contributed by atoms with Crippen molar-refractivity contribution in [2.24, 2.45) is 0 Å². The van der Waals surface area contributed by atoms with Crippen molar-refractivity contribution in [2.45, 2.75) is 38.3 Å². The van der Waals surface area contributed by atoms with Crippen molar-refractivity contribution in [1.82, 2.24) is 10.6 Å². The van der Waals surface area contributed by atoms with Gasteiger partial charge in [0.15, 0.2) is 0 Å². The van der Waals surface area contributed by atoms with Crippen LogP contribution in [-0.2, 0) is 0 Å². The average molecular weight is 253 g/mol. The highest BCUT2D eigenvalue weighted by Gasteiger charge is 2.13. The smallest absolute Gasteiger partial charge is 0.0406 e. The second-order valence-corrected chi connectivity index (χ2v) is 5.26. The summed E-state index contributed by atoms with van der Waals surface area (Å²) in [6.07, 6.45) is 3.97. The van der Waals surface area contributed by atoms with Gasteiger partial charge >= 0.3 is 0 Å². The molecular formula is C14H21ClN2. The minimum Gasteiger partial charge on any atom is -0.313 e. The molecular weight excluding hydrogens is 232 g/mol. The van der Waals surface area contributed by atoms with E-state index in [4.69, 9.17) is 11.6 Å². The summed E-state index contributed by atoms with van der Waals surface area (Å²) in [6.45, 7) is 4.41. The maximum Gasteiger partial charge on any atom is 0.0406 e. The Morgan fingerprint density at radius 1 is 1.35 bits per heavy atom. The van der Waals surface area contributed by atoms with Crippen molar-refractivity contribution in [3.63, 3.8) is 0 Å². The van der Waals surface area contributed by atoms with Gasteiger partial charge < -0.3 is 10.6 Å². The number of hydrogen-bond acceptors (Lipinski definition) is 2. The van der Waals surface area contributed by atoms with Crippen LogP contribution >= 0.6 is 11.6 Å². The lowest BCUT2D eigenvalue weighted by Gasteiger charge is -2.25. The van der Waals surface area contributed by atoms with Crippen molar-refractivity contribution in [2.75, 3.05) is 13.1 Å². The number of halogens is 1. The molecule has 0 bridgehead atoms. The van der Waals surface area contributed by atoms with Crippen LogP contribution in [0, 0.1) is 0 Å². The van der Waals surface area contributed by atoms with Crippen LogP contribution in [-0.4, -0.2) is 19.1 Å². The van der Waals surface area contributed by atoms with E-state index in [1.807, 2.05) is 12.1 Å². The Bertz CT molecular complexity index is 331. The van der Waals surface area contributed by atoms with E-state index >= 15 is 0 Å². The maximum atomic E-state index is 5.88. The number of hydrogen-bond donors (Lipinski definition) is 2. The Kier molecular flexibility index (Phi) is 4.84. The first-order valence-electron chi connectivity index (χ1n) is 6.48. The fourth-order valence-corrected chi connectivity index (χ4v) is 2.41. The zero-order chi connectivity index (χ0) is 12.1. The van der Waals surface area contributed by atoms with Crippen molar-refractivity contribution in [3.05, 3.63) is 34.9 Å². The molecule has 3 heteroatoms. The van der Waals surface area contributed by atoms with E-state index in [1.54, 1.807) is 0 Å². The summed E-state index contributed by atoms with van der Waals surface area (Å²) in [7, 11) is 0. The molecule has 1 aromatic carbocycles. The molecule has 0 aromatic heterocycles. The molecule has 0 spiro atoms. The SMILES string of the molecule is C[C@@H](NCC1CCCCN1)c1ccc(Cl)cc1. The lowest BCUT2D eigenvalue weighted by atomic mass is 10.0. The molecule has 2 nitrogen and oxygen atoms in total. The van der Waals surface area contributed by atoms with Crippen LogP contribution in [0.2, 0.25) is 5.02 Å². The monoisotopic (exact) mass is 252 g/mol. The first-order valence-corrected chi connectivity index (χ1v) is 6.86. The van der Waals surface area contributed by atoms with Gasteiger partial charge in [0.05, 0.1) is 0 Å². The first kappa shape index (κ1) is 12.9. The lowest BCUT2D eigenvalue weighted by molar-refractivity contribution is 0.371.